The highest BCUT2D eigenvalue weighted by atomic mass is 32.2. The van der Waals surface area contributed by atoms with Gasteiger partial charge in [0.25, 0.3) is 0 Å². The second kappa shape index (κ2) is 3.69. The lowest BCUT2D eigenvalue weighted by Gasteiger charge is -2.37. The molecule has 14 heavy (non-hydrogen) atoms. The number of hydrogen-bond acceptors (Lipinski definition) is 3. The topological polar surface area (TPSA) is 15.3 Å². The zero-order chi connectivity index (χ0) is 9.54. The third-order valence-electron chi connectivity index (χ3n) is 4.35. The van der Waals surface area contributed by atoms with Crippen molar-refractivity contribution < 1.29 is 0 Å². The third kappa shape index (κ3) is 1.50. The first-order valence-corrected chi connectivity index (χ1v) is 7.14. The van der Waals surface area contributed by atoms with Gasteiger partial charge in [-0.1, -0.05) is 0 Å². The SMILES string of the molecule is CSC1CCN(CC2C3CNC2C3)C1. The number of rotatable bonds is 3. The highest BCUT2D eigenvalue weighted by molar-refractivity contribution is 7.99. The summed E-state index contributed by atoms with van der Waals surface area (Å²) in [6.45, 7) is 5.37. The molecule has 1 N–H and O–H groups in total. The van der Waals surface area contributed by atoms with E-state index in [2.05, 4.69) is 16.5 Å². The van der Waals surface area contributed by atoms with E-state index in [0.29, 0.717) is 0 Å². The van der Waals surface area contributed by atoms with Crippen molar-refractivity contribution in [3.05, 3.63) is 0 Å². The van der Waals surface area contributed by atoms with Crippen LogP contribution < -0.4 is 5.32 Å². The summed E-state index contributed by atoms with van der Waals surface area (Å²) in [6.07, 6.45) is 5.13. The van der Waals surface area contributed by atoms with Crippen LogP contribution in [-0.4, -0.2) is 48.6 Å². The van der Waals surface area contributed by atoms with Gasteiger partial charge >= 0.3 is 0 Å². The van der Waals surface area contributed by atoms with Crippen LogP contribution in [0, 0.1) is 11.8 Å². The van der Waals surface area contributed by atoms with Gasteiger partial charge in [-0.2, -0.15) is 11.8 Å². The van der Waals surface area contributed by atoms with E-state index in [0.717, 1.165) is 23.1 Å². The van der Waals surface area contributed by atoms with Crippen LogP contribution in [0.4, 0.5) is 0 Å². The summed E-state index contributed by atoms with van der Waals surface area (Å²) in [6, 6.07) is 0.883. The van der Waals surface area contributed by atoms with Crippen molar-refractivity contribution in [2.45, 2.75) is 24.1 Å². The molecule has 0 radical (unpaired) electrons. The van der Waals surface area contributed by atoms with Crippen molar-refractivity contribution in [2.75, 3.05) is 32.4 Å². The molecule has 0 amide bonds. The average Bonchev–Trinajstić information content (AvgIpc) is 2.89. The van der Waals surface area contributed by atoms with Gasteiger partial charge in [-0.05, 0) is 44.0 Å². The summed E-state index contributed by atoms with van der Waals surface area (Å²) < 4.78 is 0. The summed E-state index contributed by atoms with van der Waals surface area (Å²) in [5.41, 5.74) is 0. The van der Waals surface area contributed by atoms with E-state index < -0.39 is 0 Å². The number of likely N-dealkylation sites (tertiary alicyclic amines) is 1. The minimum absolute atomic E-state index is 0.883. The summed E-state index contributed by atoms with van der Waals surface area (Å²) in [5, 5.41) is 4.53. The van der Waals surface area contributed by atoms with Crippen LogP contribution in [0.25, 0.3) is 0 Å². The van der Waals surface area contributed by atoms with E-state index in [1.807, 2.05) is 11.8 Å². The van der Waals surface area contributed by atoms with Crippen LogP contribution in [0.2, 0.25) is 0 Å². The molecule has 1 aliphatic carbocycles. The Balaban J connectivity index is 1.49. The fourth-order valence-corrected chi connectivity index (χ4v) is 4.01. The zero-order valence-corrected chi connectivity index (χ0v) is 9.72. The Labute approximate surface area is 90.8 Å². The summed E-state index contributed by atoms with van der Waals surface area (Å²) >= 11 is 2.05. The van der Waals surface area contributed by atoms with Crippen LogP contribution >= 0.6 is 11.8 Å². The smallest absolute Gasteiger partial charge is 0.0184 e. The van der Waals surface area contributed by atoms with Crippen LogP contribution in [0.3, 0.4) is 0 Å². The van der Waals surface area contributed by atoms with Gasteiger partial charge in [0.05, 0.1) is 0 Å². The molecular formula is C11H20N2S. The van der Waals surface area contributed by atoms with Crippen molar-refractivity contribution in [2.24, 2.45) is 11.8 Å². The molecule has 3 saturated heterocycles. The maximum atomic E-state index is 3.61. The zero-order valence-electron chi connectivity index (χ0n) is 8.91. The van der Waals surface area contributed by atoms with Gasteiger partial charge in [0, 0.05) is 24.4 Å². The molecular weight excluding hydrogens is 192 g/mol. The largest absolute Gasteiger partial charge is 0.313 e. The summed E-state index contributed by atoms with van der Waals surface area (Å²) in [5.74, 6) is 2.02. The van der Waals surface area contributed by atoms with Gasteiger partial charge in [0.2, 0.25) is 0 Å². The third-order valence-corrected chi connectivity index (χ3v) is 5.40. The average molecular weight is 212 g/mol. The molecule has 3 aliphatic heterocycles. The Morgan fingerprint density at radius 2 is 2.43 bits per heavy atom. The van der Waals surface area contributed by atoms with Gasteiger partial charge < -0.3 is 10.2 Å². The Morgan fingerprint density at radius 3 is 3.00 bits per heavy atom. The fraction of sp³-hybridized carbons (Fsp3) is 1.00. The highest BCUT2D eigenvalue weighted by Gasteiger charge is 2.47. The molecule has 4 atom stereocenters. The molecule has 0 aromatic rings. The number of hydrogen-bond donors (Lipinski definition) is 1. The Morgan fingerprint density at radius 1 is 1.50 bits per heavy atom. The molecule has 0 aromatic carbocycles. The van der Waals surface area contributed by atoms with Crippen molar-refractivity contribution >= 4 is 11.8 Å². The summed E-state index contributed by atoms with van der Waals surface area (Å²) in [7, 11) is 0. The molecule has 2 nitrogen and oxygen atoms in total. The number of fused-ring (bicyclic) bond motifs is 1. The summed E-state index contributed by atoms with van der Waals surface area (Å²) in [4.78, 5) is 2.69. The first-order valence-electron chi connectivity index (χ1n) is 5.85. The quantitative estimate of drug-likeness (QED) is 0.752. The molecule has 0 spiro atoms. The number of nitrogens with one attached hydrogen (secondary N) is 1. The second-order valence-corrected chi connectivity index (χ2v) is 6.22. The van der Waals surface area contributed by atoms with E-state index in [4.69, 9.17) is 0 Å². The number of nitrogens with zero attached hydrogens (tertiary/aromatic N) is 1. The van der Waals surface area contributed by atoms with Crippen LogP contribution in [0.1, 0.15) is 12.8 Å². The van der Waals surface area contributed by atoms with E-state index in [1.54, 1.807) is 0 Å². The van der Waals surface area contributed by atoms with E-state index in [9.17, 15) is 0 Å². The lowest BCUT2D eigenvalue weighted by molar-refractivity contribution is 0.148. The first-order chi connectivity index (χ1) is 6.86. The molecule has 4 rings (SSSR count). The standard InChI is InChI=1S/C11H20N2S/c1-14-9-2-3-13(6-9)7-10-8-4-11(10)12-5-8/h8-12H,2-7H2,1H3. The van der Waals surface area contributed by atoms with Gasteiger partial charge in [0.1, 0.15) is 0 Å². The molecule has 3 heterocycles. The molecule has 4 aliphatic rings. The maximum Gasteiger partial charge on any atom is 0.0184 e. The monoisotopic (exact) mass is 212 g/mol. The maximum absolute atomic E-state index is 3.61. The van der Waals surface area contributed by atoms with Crippen molar-refractivity contribution in [3.63, 3.8) is 0 Å². The molecule has 80 valence electrons. The molecule has 2 bridgehead atoms. The van der Waals surface area contributed by atoms with Gasteiger partial charge in [-0.15, -0.1) is 0 Å². The predicted octanol–water partition coefficient (Wildman–Crippen LogP) is 1.03. The molecule has 1 saturated carbocycles. The Bertz CT molecular complexity index is 207. The molecule has 0 aromatic heterocycles. The van der Waals surface area contributed by atoms with Crippen LogP contribution in [0.15, 0.2) is 0 Å². The van der Waals surface area contributed by atoms with Crippen molar-refractivity contribution in [3.8, 4) is 0 Å². The van der Waals surface area contributed by atoms with E-state index >= 15 is 0 Å². The van der Waals surface area contributed by atoms with Gasteiger partial charge in [-0.3, -0.25) is 0 Å². The number of thioether (sulfide) groups is 1. The van der Waals surface area contributed by atoms with Crippen LogP contribution in [-0.2, 0) is 0 Å². The second-order valence-electron chi connectivity index (χ2n) is 5.08. The minimum Gasteiger partial charge on any atom is -0.313 e. The lowest BCUT2D eigenvalue weighted by Crippen LogP contribution is -2.44. The van der Waals surface area contributed by atoms with E-state index in [-0.39, 0.29) is 0 Å². The Kier molecular flexibility index (Phi) is 2.50. The molecule has 4 unspecified atom stereocenters. The van der Waals surface area contributed by atoms with E-state index in [1.165, 1.54) is 39.0 Å². The first kappa shape index (κ1) is 9.49. The van der Waals surface area contributed by atoms with Crippen molar-refractivity contribution in [1.29, 1.82) is 0 Å². The fourth-order valence-electron chi connectivity index (χ4n) is 3.31. The van der Waals surface area contributed by atoms with Gasteiger partial charge in [0.15, 0.2) is 0 Å². The highest BCUT2D eigenvalue weighted by Crippen LogP contribution is 2.41. The molecule has 3 heteroatoms. The normalized spacial score (nSPS) is 46.9. The lowest BCUT2D eigenvalue weighted by atomic mass is 9.74. The minimum atomic E-state index is 0.883. The van der Waals surface area contributed by atoms with Crippen LogP contribution in [0.5, 0.6) is 0 Å². The predicted molar refractivity (Wildman–Crippen MR) is 61.7 cm³/mol. The Hall–Kier alpha value is 0.270. The molecule has 4 fully saturated rings. The van der Waals surface area contributed by atoms with Gasteiger partial charge in [-0.25, -0.2) is 0 Å². The van der Waals surface area contributed by atoms with Crippen molar-refractivity contribution in [1.82, 2.24) is 10.2 Å².